The summed E-state index contributed by atoms with van der Waals surface area (Å²) in [5.74, 6) is -1.03. The van der Waals surface area contributed by atoms with Crippen LogP contribution in [0, 0.1) is 0 Å². The molecule has 1 rings (SSSR count). The number of aliphatic carboxylic acids is 1. The molecule has 1 aromatic heterocycles. The van der Waals surface area contributed by atoms with Gasteiger partial charge in [0.2, 0.25) is 0 Å². The molecule has 9 heteroatoms. The number of hydrogen-bond donors (Lipinski definition) is 2. The zero-order valence-corrected chi connectivity index (χ0v) is 12.6. The van der Waals surface area contributed by atoms with Gasteiger partial charge in [0.1, 0.15) is 0 Å². The molecule has 114 valence electrons. The Kier molecular flexibility index (Phi) is 5.66. The van der Waals surface area contributed by atoms with Gasteiger partial charge in [-0.05, 0) is 6.42 Å². The lowest BCUT2D eigenvalue weighted by atomic mass is 10.2. The summed E-state index contributed by atoms with van der Waals surface area (Å²) < 4.78 is 28.9. The van der Waals surface area contributed by atoms with Gasteiger partial charge >= 0.3 is 5.97 Å². The molecule has 0 amide bonds. The molecule has 2 N–H and O–H groups in total. The third kappa shape index (κ3) is 4.58. The Labute approximate surface area is 118 Å². The van der Waals surface area contributed by atoms with Crippen LogP contribution in [0.3, 0.4) is 0 Å². The highest BCUT2D eigenvalue weighted by atomic mass is 32.2. The lowest BCUT2D eigenvalue weighted by Gasteiger charge is -2.16. The number of rotatable bonds is 8. The van der Waals surface area contributed by atoms with Gasteiger partial charge in [0.15, 0.2) is 0 Å². The smallest absolute Gasteiger partial charge is 0.304 e. The van der Waals surface area contributed by atoms with Crippen molar-refractivity contribution in [2.24, 2.45) is 7.05 Å². The molecule has 0 saturated heterocycles. The van der Waals surface area contributed by atoms with Gasteiger partial charge < -0.3 is 5.11 Å². The lowest BCUT2D eigenvalue weighted by molar-refractivity contribution is -0.137. The van der Waals surface area contributed by atoms with E-state index in [2.05, 4.69) is 9.82 Å². The normalized spacial score (nSPS) is 12.0. The van der Waals surface area contributed by atoms with Gasteiger partial charge in [0, 0.05) is 38.9 Å². The second-order valence-electron chi connectivity index (χ2n) is 4.42. The van der Waals surface area contributed by atoms with E-state index in [0.29, 0.717) is 6.42 Å². The molecule has 0 atom stereocenters. The van der Waals surface area contributed by atoms with E-state index in [4.69, 9.17) is 5.11 Å². The largest absolute Gasteiger partial charge is 0.481 e. The van der Waals surface area contributed by atoms with E-state index in [0.717, 1.165) is 15.6 Å². The summed E-state index contributed by atoms with van der Waals surface area (Å²) in [6.45, 7) is 2.01. The number of hydrogen-bond acceptors (Lipinski definition) is 4. The van der Waals surface area contributed by atoms with Crippen molar-refractivity contribution in [1.82, 2.24) is 18.8 Å². The number of carbonyl (C=O) groups is 1. The van der Waals surface area contributed by atoms with Crippen LogP contribution in [0.4, 0.5) is 0 Å². The summed E-state index contributed by atoms with van der Waals surface area (Å²) in [7, 11) is -0.570. The highest BCUT2D eigenvalue weighted by Gasteiger charge is 2.19. The lowest BCUT2D eigenvalue weighted by Crippen LogP contribution is -2.38. The molecule has 0 aliphatic carbocycles. The Balaban J connectivity index is 2.64. The molecule has 0 unspecified atom stereocenters. The van der Waals surface area contributed by atoms with Gasteiger partial charge in [0.05, 0.1) is 12.1 Å². The van der Waals surface area contributed by atoms with Crippen LogP contribution in [0.2, 0.25) is 0 Å². The topological polar surface area (TPSA) is 105 Å². The van der Waals surface area contributed by atoms with Crippen molar-refractivity contribution < 1.29 is 18.3 Å². The van der Waals surface area contributed by atoms with Crippen LogP contribution in [-0.4, -0.2) is 47.2 Å². The van der Waals surface area contributed by atoms with Crippen molar-refractivity contribution >= 4 is 16.2 Å². The number of aryl methyl sites for hydroxylation is 2. The molecule has 0 aliphatic heterocycles. The van der Waals surface area contributed by atoms with Crippen LogP contribution >= 0.6 is 0 Å². The van der Waals surface area contributed by atoms with Crippen LogP contribution < -0.4 is 4.72 Å². The first-order valence-corrected chi connectivity index (χ1v) is 7.64. The van der Waals surface area contributed by atoms with Gasteiger partial charge in [-0.25, -0.2) is 0 Å². The van der Waals surface area contributed by atoms with Crippen LogP contribution in [0.1, 0.15) is 24.6 Å². The zero-order valence-electron chi connectivity index (χ0n) is 11.8. The molecule has 0 aliphatic rings. The minimum Gasteiger partial charge on any atom is -0.481 e. The van der Waals surface area contributed by atoms with Crippen LogP contribution in [0.5, 0.6) is 0 Å². The third-order valence-electron chi connectivity index (χ3n) is 2.82. The predicted octanol–water partition coefficient (Wildman–Crippen LogP) is -0.277. The van der Waals surface area contributed by atoms with E-state index in [1.54, 1.807) is 17.9 Å². The zero-order chi connectivity index (χ0) is 15.3. The van der Waals surface area contributed by atoms with Crippen molar-refractivity contribution in [3.63, 3.8) is 0 Å². The standard InChI is InChI=1S/C11H20N4O4S/c1-4-10-9(8-14(2)13-10)7-12-20(18,19)15(3)6-5-11(16)17/h8,12H,4-7H2,1-3H3,(H,16,17). The maximum Gasteiger partial charge on any atom is 0.304 e. The number of nitrogens with one attached hydrogen (secondary N) is 1. The summed E-state index contributed by atoms with van der Waals surface area (Å²) in [5, 5.41) is 12.8. The monoisotopic (exact) mass is 304 g/mol. The summed E-state index contributed by atoms with van der Waals surface area (Å²) in [5.41, 5.74) is 1.65. The van der Waals surface area contributed by atoms with Crippen LogP contribution in [-0.2, 0) is 35.0 Å². The fourth-order valence-corrected chi connectivity index (χ4v) is 2.57. The molecule has 1 aromatic rings. The Morgan fingerprint density at radius 1 is 1.55 bits per heavy atom. The third-order valence-corrected chi connectivity index (χ3v) is 4.33. The van der Waals surface area contributed by atoms with E-state index >= 15 is 0 Å². The number of carboxylic acids is 1. The summed E-state index contributed by atoms with van der Waals surface area (Å²) in [6, 6.07) is 0. The highest BCUT2D eigenvalue weighted by molar-refractivity contribution is 7.87. The summed E-state index contributed by atoms with van der Waals surface area (Å²) >= 11 is 0. The Bertz CT molecular complexity index is 567. The van der Waals surface area contributed by atoms with Gasteiger partial charge in [-0.1, -0.05) is 6.92 Å². The van der Waals surface area contributed by atoms with Gasteiger partial charge in [-0.2, -0.15) is 22.5 Å². The molecule has 0 spiro atoms. The Hall–Kier alpha value is -1.45. The molecular weight excluding hydrogens is 284 g/mol. The van der Waals surface area contributed by atoms with Crippen LogP contribution in [0.15, 0.2) is 6.20 Å². The molecule has 1 heterocycles. The minimum atomic E-state index is -3.69. The van der Waals surface area contributed by atoms with Crippen molar-refractivity contribution in [2.45, 2.75) is 26.3 Å². The van der Waals surface area contributed by atoms with Gasteiger partial charge in [-0.3, -0.25) is 9.48 Å². The minimum absolute atomic E-state index is 0.0711. The molecule has 8 nitrogen and oxygen atoms in total. The van der Waals surface area contributed by atoms with Crippen molar-refractivity contribution in [3.05, 3.63) is 17.5 Å². The van der Waals surface area contributed by atoms with Crippen molar-refractivity contribution in [2.75, 3.05) is 13.6 Å². The first-order chi connectivity index (χ1) is 9.26. The van der Waals surface area contributed by atoms with E-state index in [-0.39, 0.29) is 19.5 Å². The molecule has 0 saturated carbocycles. The average molecular weight is 304 g/mol. The van der Waals surface area contributed by atoms with E-state index in [1.165, 1.54) is 7.05 Å². The molecule has 0 aromatic carbocycles. The second kappa shape index (κ2) is 6.82. The molecular formula is C11H20N4O4S. The first kappa shape index (κ1) is 16.6. The van der Waals surface area contributed by atoms with Gasteiger partial charge in [0.25, 0.3) is 10.2 Å². The quantitative estimate of drug-likeness (QED) is 0.687. The molecule has 0 fully saturated rings. The first-order valence-electron chi connectivity index (χ1n) is 6.20. The highest BCUT2D eigenvalue weighted by Crippen LogP contribution is 2.08. The maximum absolute atomic E-state index is 11.9. The second-order valence-corrected chi connectivity index (χ2v) is 6.28. The summed E-state index contributed by atoms with van der Waals surface area (Å²) in [6.07, 6.45) is 2.25. The number of nitrogens with zero attached hydrogens (tertiary/aromatic N) is 3. The predicted molar refractivity (Wildman–Crippen MR) is 73.2 cm³/mol. The van der Waals surface area contributed by atoms with E-state index in [1.807, 2.05) is 6.92 Å². The van der Waals surface area contributed by atoms with E-state index in [9.17, 15) is 13.2 Å². The van der Waals surface area contributed by atoms with E-state index < -0.39 is 16.2 Å². The van der Waals surface area contributed by atoms with Crippen molar-refractivity contribution in [1.29, 1.82) is 0 Å². The number of carboxylic acid groups (broad SMARTS) is 1. The van der Waals surface area contributed by atoms with Gasteiger partial charge in [-0.15, -0.1) is 0 Å². The molecule has 0 bridgehead atoms. The SMILES string of the molecule is CCc1nn(C)cc1CNS(=O)(=O)N(C)CCC(=O)O. The fraction of sp³-hybridized carbons (Fsp3) is 0.636. The maximum atomic E-state index is 11.9. The van der Waals surface area contributed by atoms with Crippen molar-refractivity contribution in [3.8, 4) is 0 Å². The Morgan fingerprint density at radius 2 is 2.20 bits per heavy atom. The average Bonchev–Trinajstić information content (AvgIpc) is 2.73. The molecule has 0 radical (unpaired) electrons. The fourth-order valence-electron chi connectivity index (χ4n) is 1.68. The van der Waals surface area contributed by atoms with Crippen LogP contribution in [0.25, 0.3) is 0 Å². The summed E-state index contributed by atoms with van der Waals surface area (Å²) in [4.78, 5) is 10.4. The molecule has 20 heavy (non-hydrogen) atoms. The Morgan fingerprint density at radius 3 is 2.75 bits per heavy atom. The number of aromatic nitrogens is 2.